The minimum Gasteiger partial charge on any atom is -0.480 e. The number of hydrogen-bond donors (Lipinski definition) is 2. The van der Waals surface area contributed by atoms with E-state index in [1.807, 2.05) is 6.92 Å². The summed E-state index contributed by atoms with van der Waals surface area (Å²) in [5.74, 6) is -0.339. The summed E-state index contributed by atoms with van der Waals surface area (Å²) in [6.45, 7) is 6.70. The lowest BCUT2D eigenvalue weighted by atomic mass is 9.91. The molecule has 2 aliphatic rings. The number of carbonyl (C=O) groups is 1. The molecule has 0 aromatic heterocycles. The molecular formula is C15H28N2O2. The van der Waals surface area contributed by atoms with Crippen molar-refractivity contribution in [2.24, 2.45) is 5.92 Å². The standard InChI is InChI=1S/C15H28N2O2/c1-3-16-15(14(18)19,13-8-9-13)11-17-10-6-4-5-7-12(17)2/h12-13,16H,3-11H2,1-2H3,(H,18,19). The van der Waals surface area contributed by atoms with Crippen molar-refractivity contribution in [2.45, 2.75) is 64.0 Å². The monoisotopic (exact) mass is 268 g/mol. The van der Waals surface area contributed by atoms with Crippen LogP contribution in [0.15, 0.2) is 0 Å². The van der Waals surface area contributed by atoms with E-state index in [0.29, 0.717) is 18.5 Å². The molecule has 1 heterocycles. The molecule has 0 amide bonds. The second-order valence-electron chi connectivity index (χ2n) is 6.25. The van der Waals surface area contributed by atoms with E-state index in [9.17, 15) is 9.90 Å². The van der Waals surface area contributed by atoms with Gasteiger partial charge in [0.1, 0.15) is 5.54 Å². The first-order valence-electron chi connectivity index (χ1n) is 7.82. The molecule has 19 heavy (non-hydrogen) atoms. The molecule has 1 aliphatic carbocycles. The van der Waals surface area contributed by atoms with Crippen LogP contribution in [0.3, 0.4) is 0 Å². The van der Waals surface area contributed by atoms with Gasteiger partial charge in [0, 0.05) is 12.6 Å². The average Bonchev–Trinajstić information content (AvgIpc) is 3.18. The van der Waals surface area contributed by atoms with Crippen molar-refractivity contribution >= 4 is 5.97 Å². The van der Waals surface area contributed by atoms with Crippen molar-refractivity contribution in [1.29, 1.82) is 0 Å². The quantitative estimate of drug-likeness (QED) is 0.774. The van der Waals surface area contributed by atoms with Crippen molar-refractivity contribution in [3.63, 3.8) is 0 Å². The van der Waals surface area contributed by atoms with Crippen LogP contribution in [0, 0.1) is 5.92 Å². The number of nitrogens with one attached hydrogen (secondary N) is 1. The molecule has 0 aromatic carbocycles. The minimum atomic E-state index is -0.715. The van der Waals surface area contributed by atoms with Gasteiger partial charge < -0.3 is 10.4 Å². The number of carboxylic acid groups (broad SMARTS) is 1. The van der Waals surface area contributed by atoms with Gasteiger partial charge in [-0.15, -0.1) is 0 Å². The lowest BCUT2D eigenvalue weighted by Crippen LogP contribution is -2.61. The molecule has 4 nitrogen and oxygen atoms in total. The number of aliphatic carboxylic acids is 1. The lowest BCUT2D eigenvalue weighted by Gasteiger charge is -2.38. The van der Waals surface area contributed by atoms with Gasteiger partial charge in [0.05, 0.1) is 0 Å². The highest BCUT2D eigenvalue weighted by molar-refractivity contribution is 5.80. The van der Waals surface area contributed by atoms with E-state index < -0.39 is 11.5 Å². The Labute approximate surface area is 116 Å². The van der Waals surface area contributed by atoms with Crippen LogP contribution in [-0.2, 0) is 4.79 Å². The molecule has 1 saturated carbocycles. The first-order valence-corrected chi connectivity index (χ1v) is 7.82. The number of likely N-dealkylation sites (N-methyl/N-ethyl adjacent to an activating group) is 1. The Balaban J connectivity index is 2.11. The number of nitrogens with zero attached hydrogens (tertiary/aromatic N) is 1. The summed E-state index contributed by atoms with van der Waals surface area (Å²) in [5, 5.41) is 13.1. The SMILES string of the molecule is CCNC(CN1CCCCCC1C)(C(=O)O)C1CC1. The highest BCUT2D eigenvalue weighted by Gasteiger charge is 2.51. The number of hydrogen-bond acceptors (Lipinski definition) is 3. The molecule has 0 spiro atoms. The van der Waals surface area contributed by atoms with Gasteiger partial charge in [-0.2, -0.15) is 0 Å². The van der Waals surface area contributed by atoms with E-state index in [0.717, 1.165) is 25.9 Å². The zero-order valence-corrected chi connectivity index (χ0v) is 12.3. The molecule has 2 rings (SSSR count). The largest absolute Gasteiger partial charge is 0.480 e. The fourth-order valence-corrected chi connectivity index (χ4v) is 3.43. The van der Waals surface area contributed by atoms with Crippen LogP contribution in [0.4, 0.5) is 0 Å². The predicted molar refractivity (Wildman–Crippen MR) is 76.3 cm³/mol. The van der Waals surface area contributed by atoms with E-state index in [-0.39, 0.29) is 0 Å². The maximum absolute atomic E-state index is 11.9. The number of rotatable bonds is 6. The second kappa shape index (κ2) is 6.23. The maximum atomic E-state index is 11.9. The zero-order valence-electron chi connectivity index (χ0n) is 12.3. The first kappa shape index (κ1) is 14.8. The summed E-state index contributed by atoms with van der Waals surface area (Å²) < 4.78 is 0. The minimum absolute atomic E-state index is 0.320. The molecule has 0 aromatic rings. The Bertz CT molecular complexity index is 317. The topological polar surface area (TPSA) is 52.6 Å². The van der Waals surface area contributed by atoms with Crippen LogP contribution in [0.5, 0.6) is 0 Å². The molecule has 0 radical (unpaired) electrons. The summed E-state index contributed by atoms with van der Waals surface area (Å²) >= 11 is 0. The average molecular weight is 268 g/mol. The first-order chi connectivity index (χ1) is 9.10. The Morgan fingerprint density at radius 2 is 2.05 bits per heavy atom. The van der Waals surface area contributed by atoms with Gasteiger partial charge in [-0.05, 0) is 51.6 Å². The van der Waals surface area contributed by atoms with Crippen LogP contribution >= 0.6 is 0 Å². The third-order valence-corrected chi connectivity index (χ3v) is 4.79. The van der Waals surface area contributed by atoms with Crippen molar-refractivity contribution < 1.29 is 9.90 Å². The van der Waals surface area contributed by atoms with Gasteiger partial charge in [-0.3, -0.25) is 9.69 Å². The lowest BCUT2D eigenvalue weighted by molar-refractivity contribution is -0.147. The van der Waals surface area contributed by atoms with Gasteiger partial charge in [-0.25, -0.2) is 0 Å². The van der Waals surface area contributed by atoms with E-state index in [1.165, 1.54) is 25.7 Å². The molecule has 1 aliphatic heterocycles. The van der Waals surface area contributed by atoms with E-state index in [2.05, 4.69) is 17.1 Å². The third-order valence-electron chi connectivity index (χ3n) is 4.79. The molecule has 2 unspecified atom stereocenters. The van der Waals surface area contributed by atoms with E-state index >= 15 is 0 Å². The molecule has 0 bridgehead atoms. The van der Waals surface area contributed by atoms with Crippen LogP contribution in [-0.4, -0.2) is 47.2 Å². The van der Waals surface area contributed by atoms with Gasteiger partial charge in [0.2, 0.25) is 0 Å². The number of carboxylic acids is 1. The molecule has 2 fully saturated rings. The van der Waals surface area contributed by atoms with Crippen LogP contribution in [0.25, 0.3) is 0 Å². The summed E-state index contributed by atoms with van der Waals surface area (Å²) in [6, 6.07) is 0.513. The Hall–Kier alpha value is -0.610. The van der Waals surface area contributed by atoms with E-state index in [4.69, 9.17) is 0 Å². The Morgan fingerprint density at radius 1 is 1.32 bits per heavy atom. The fourth-order valence-electron chi connectivity index (χ4n) is 3.43. The van der Waals surface area contributed by atoms with Gasteiger partial charge in [-0.1, -0.05) is 19.8 Å². The summed E-state index contributed by atoms with van der Waals surface area (Å²) in [4.78, 5) is 14.3. The zero-order chi connectivity index (χ0) is 13.9. The summed E-state index contributed by atoms with van der Waals surface area (Å²) in [7, 11) is 0. The van der Waals surface area contributed by atoms with Gasteiger partial charge in [0.25, 0.3) is 0 Å². The highest BCUT2D eigenvalue weighted by atomic mass is 16.4. The predicted octanol–water partition coefficient (Wildman–Crippen LogP) is 2.09. The molecule has 4 heteroatoms. The van der Waals surface area contributed by atoms with Gasteiger partial charge in [0.15, 0.2) is 0 Å². The smallest absolute Gasteiger partial charge is 0.325 e. The van der Waals surface area contributed by atoms with Crippen molar-refractivity contribution in [2.75, 3.05) is 19.6 Å². The number of likely N-dealkylation sites (tertiary alicyclic amines) is 1. The molecule has 2 N–H and O–H groups in total. The third kappa shape index (κ3) is 3.29. The van der Waals surface area contributed by atoms with Crippen molar-refractivity contribution in [1.82, 2.24) is 10.2 Å². The van der Waals surface area contributed by atoms with E-state index in [1.54, 1.807) is 0 Å². The van der Waals surface area contributed by atoms with Crippen LogP contribution < -0.4 is 5.32 Å². The normalized spacial score (nSPS) is 28.6. The molecule has 1 saturated heterocycles. The molecule has 2 atom stereocenters. The van der Waals surface area contributed by atoms with Crippen LogP contribution in [0.1, 0.15) is 52.4 Å². The molecular weight excluding hydrogens is 240 g/mol. The van der Waals surface area contributed by atoms with Crippen molar-refractivity contribution in [3.8, 4) is 0 Å². The highest BCUT2D eigenvalue weighted by Crippen LogP contribution is 2.41. The summed E-state index contributed by atoms with van der Waals surface area (Å²) in [6.07, 6.45) is 7.08. The second-order valence-corrected chi connectivity index (χ2v) is 6.25. The molecule has 110 valence electrons. The Kier molecular flexibility index (Phi) is 4.85. The summed E-state index contributed by atoms with van der Waals surface area (Å²) in [5.41, 5.74) is -0.715. The van der Waals surface area contributed by atoms with Gasteiger partial charge >= 0.3 is 5.97 Å². The Morgan fingerprint density at radius 3 is 2.63 bits per heavy atom. The fraction of sp³-hybridized carbons (Fsp3) is 0.933. The van der Waals surface area contributed by atoms with Crippen LogP contribution in [0.2, 0.25) is 0 Å². The van der Waals surface area contributed by atoms with Crippen molar-refractivity contribution in [3.05, 3.63) is 0 Å². The maximum Gasteiger partial charge on any atom is 0.325 e.